The van der Waals surface area contributed by atoms with E-state index in [1.165, 1.54) is 21.0 Å². The van der Waals surface area contributed by atoms with E-state index < -0.39 is 24.1 Å². The second kappa shape index (κ2) is 8.86. The van der Waals surface area contributed by atoms with Crippen molar-refractivity contribution in [1.29, 1.82) is 0 Å². The molecule has 33 heavy (non-hydrogen) atoms. The molecule has 0 radical (unpaired) electrons. The van der Waals surface area contributed by atoms with Crippen LogP contribution in [0.5, 0.6) is 0 Å². The first-order chi connectivity index (χ1) is 15.5. The van der Waals surface area contributed by atoms with Crippen molar-refractivity contribution in [3.05, 3.63) is 0 Å². The molecule has 0 aromatic rings. The Kier molecular flexibility index (Phi) is 6.58. The predicted molar refractivity (Wildman–Crippen MR) is 120 cm³/mol. The summed E-state index contributed by atoms with van der Waals surface area (Å²) in [4.78, 5) is 35.8. The highest BCUT2D eigenvalue weighted by Crippen LogP contribution is 2.68. The minimum absolute atomic E-state index is 0.0106. The Hall–Kier alpha value is -1.63. The summed E-state index contributed by atoms with van der Waals surface area (Å²) in [5, 5.41) is 11.6. The number of carbonyl (C=O) groups is 3. The number of hydrogen-bond acceptors (Lipinski definition) is 7. The smallest absolute Gasteiger partial charge is 0.347 e. The summed E-state index contributed by atoms with van der Waals surface area (Å²) in [7, 11) is 1.33. The molecule has 4 fully saturated rings. The van der Waals surface area contributed by atoms with Gasteiger partial charge in [-0.05, 0) is 85.9 Å². The number of rotatable bonds is 4. The van der Waals surface area contributed by atoms with Crippen LogP contribution in [-0.2, 0) is 28.6 Å². The molecule has 0 unspecified atom stereocenters. The van der Waals surface area contributed by atoms with Crippen LogP contribution in [0.3, 0.4) is 0 Å². The largest absolute Gasteiger partial charge is 0.466 e. The fourth-order valence-electron chi connectivity index (χ4n) is 8.81. The third-order valence-corrected chi connectivity index (χ3v) is 10.0. The third-order valence-electron chi connectivity index (χ3n) is 10.0. The number of hydrogen-bond donors (Lipinski definition) is 1. The van der Waals surface area contributed by atoms with Crippen molar-refractivity contribution in [3.63, 3.8) is 0 Å². The number of esters is 3. The fraction of sp³-hybridized carbons (Fsp3) is 0.885. The van der Waals surface area contributed by atoms with Gasteiger partial charge in [0.05, 0.1) is 13.2 Å². The number of ether oxygens (including phenoxy) is 3. The van der Waals surface area contributed by atoms with Gasteiger partial charge >= 0.3 is 17.9 Å². The summed E-state index contributed by atoms with van der Waals surface area (Å²) in [6.07, 6.45) is 5.78. The highest BCUT2D eigenvalue weighted by atomic mass is 16.6. The van der Waals surface area contributed by atoms with Gasteiger partial charge in [-0.2, -0.15) is 0 Å². The van der Waals surface area contributed by atoms with Gasteiger partial charge in [0.25, 0.3) is 0 Å². The average Bonchev–Trinajstić information content (AvgIpc) is 3.07. The molecule has 4 saturated carbocycles. The van der Waals surface area contributed by atoms with Crippen LogP contribution in [0.25, 0.3) is 0 Å². The summed E-state index contributed by atoms with van der Waals surface area (Å²) < 4.78 is 16.0. The highest BCUT2D eigenvalue weighted by Gasteiger charge is 2.65. The van der Waals surface area contributed by atoms with E-state index in [9.17, 15) is 19.5 Å². The summed E-state index contributed by atoms with van der Waals surface area (Å²) in [6, 6.07) is 0. The Morgan fingerprint density at radius 2 is 1.70 bits per heavy atom. The van der Waals surface area contributed by atoms with E-state index in [-0.39, 0.29) is 34.7 Å². The molecule has 4 rings (SSSR count). The van der Waals surface area contributed by atoms with E-state index in [2.05, 4.69) is 13.8 Å². The lowest BCUT2D eigenvalue weighted by Crippen LogP contribution is -2.60. The van der Waals surface area contributed by atoms with Gasteiger partial charge in [0.15, 0.2) is 0 Å². The molecule has 0 aromatic heterocycles. The number of aliphatic hydroxyl groups is 1. The Bertz CT molecular complexity index is 796. The molecular formula is C26H40O7. The van der Waals surface area contributed by atoms with Crippen molar-refractivity contribution in [2.75, 3.05) is 7.11 Å². The zero-order chi connectivity index (χ0) is 24.1. The molecule has 7 nitrogen and oxygen atoms in total. The molecule has 0 aromatic carbocycles. The highest BCUT2D eigenvalue weighted by molar-refractivity contribution is 5.79. The van der Waals surface area contributed by atoms with Crippen LogP contribution < -0.4 is 0 Å². The van der Waals surface area contributed by atoms with Crippen molar-refractivity contribution in [2.45, 2.75) is 97.4 Å². The fourth-order valence-corrected chi connectivity index (χ4v) is 8.81. The zero-order valence-corrected chi connectivity index (χ0v) is 20.7. The lowest BCUT2D eigenvalue weighted by Gasteiger charge is -2.62. The summed E-state index contributed by atoms with van der Waals surface area (Å²) >= 11 is 0. The van der Waals surface area contributed by atoms with Gasteiger partial charge in [-0.15, -0.1) is 0 Å². The second-order valence-corrected chi connectivity index (χ2v) is 11.6. The molecule has 0 amide bonds. The molecule has 0 saturated heterocycles. The van der Waals surface area contributed by atoms with Crippen molar-refractivity contribution in [3.8, 4) is 0 Å². The molecule has 0 aliphatic heterocycles. The molecule has 1 N–H and O–H groups in total. The van der Waals surface area contributed by atoms with Gasteiger partial charge in [0, 0.05) is 19.8 Å². The molecule has 7 heteroatoms. The van der Waals surface area contributed by atoms with Gasteiger partial charge in [-0.25, -0.2) is 4.79 Å². The van der Waals surface area contributed by atoms with E-state index in [4.69, 9.17) is 14.2 Å². The zero-order valence-electron chi connectivity index (χ0n) is 20.7. The van der Waals surface area contributed by atoms with Crippen LogP contribution in [0.1, 0.15) is 79.1 Å². The van der Waals surface area contributed by atoms with Gasteiger partial charge in [0.1, 0.15) is 6.10 Å². The quantitative estimate of drug-likeness (QED) is 0.501. The van der Waals surface area contributed by atoms with Gasteiger partial charge < -0.3 is 19.3 Å². The number of aliphatic hydroxyl groups excluding tert-OH is 1. The Balaban J connectivity index is 1.58. The Labute approximate surface area is 196 Å². The van der Waals surface area contributed by atoms with Crippen LogP contribution >= 0.6 is 0 Å². The first kappa shape index (κ1) is 24.5. The number of methoxy groups -OCH3 is 1. The summed E-state index contributed by atoms with van der Waals surface area (Å²) in [5.74, 6) is 0.0508. The molecule has 0 spiro atoms. The third kappa shape index (κ3) is 4.08. The van der Waals surface area contributed by atoms with Crippen LogP contribution in [0, 0.1) is 40.4 Å². The molecule has 0 heterocycles. The monoisotopic (exact) mass is 464 g/mol. The molecule has 4 aliphatic carbocycles. The number of fused-ring (bicyclic) bond motifs is 5. The maximum absolute atomic E-state index is 12.6. The lowest BCUT2D eigenvalue weighted by atomic mass is 9.43. The van der Waals surface area contributed by atoms with Crippen molar-refractivity contribution in [2.24, 2.45) is 40.4 Å². The first-order valence-electron chi connectivity index (χ1n) is 12.6. The predicted octanol–water partition coefficient (Wildman–Crippen LogP) is 3.65. The minimum atomic E-state index is -0.919. The van der Waals surface area contributed by atoms with Crippen LogP contribution in [-0.4, -0.2) is 48.4 Å². The van der Waals surface area contributed by atoms with Gasteiger partial charge in [-0.3, -0.25) is 9.59 Å². The molecule has 4 aliphatic rings. The Morgan fingerprint density at radius 1 is 0.970 bits per heavy atom. The van der Waals surface area contributed by atoms with E-state index in [1.807, 2.05) is 0 Å². The molecule has 0 bridgehead atoms. The van der Waals surface area contributed by atoms with Crippen LogP contribution in [0.4, 0.5) is 0 Å². The van der Waals surface area contributed by atoms with Crippen molar-refractivity contribution in [1.82, 2.24) is 0 Å². The average molecular weight is 465 g/mol. The maximum atomic E-state index is 12.6. The number of carbonyl (C=O) groups excluding carboxylic acids is 3. The van der Waals surface area contributed by atoms with Gasteiger partial charge in [0.2, 0.25) is 6.10 Å². The standard InChI is InChI=1S/C26H40O7/c1-14(27)32-17-10-11-25(3)16(12-17)6-7-18-19-8-9-20(23(24(30)31-5)33-15(2)28)26(19,4)13-21(29)22(18)25/h16-23,29H,6-13H2,1-5H3/t16-,17-,18+,19+,20-,21+,22-,23+,25+,26+/m1/s1. The Morgan fingerprint density at radius 3 is 2.33 bits per heavy atom. The minimum Gasteiger partial charge on any atom is -0.466 e. The molecular weight excluding hydrogens is 424 g/mol. The van der Waals surface area contributed by atoms with E-state index >= 15 is 0 Å². The van der Waals surface area contributed by atoms with E-state index in [0.29, 0.717) is 24.2 Å². The van der Waals surface area contributed by atoms with E-state index in [1.54, 1.807) is 0 Å². The SMILES string of the molecule is COC(=O)[C@@H](OC(C)=O)[C@H]1CC[C@H]2[C@@H]3CC[C@@H]4C[C@H](OC(C)=O)CC[C@]4(C)[C@H]3[C@@H](O)C[C@]12C. The van der Waals surface area contributed by atoms with Crippen LogP contribution in [0.15, 0.2) is 0 Å². The van der Waals surface area contributed by atoms with Crippen molar-refractivity contribution >= 4 is 17.9 Å². The lowest BCUT2D eigenvalue weighted by molar-refractivity contribution is -0.194. The maximum Gasteiger partial charge on any atom is 0.347 e. The topological polar surface area (TPSA) is 99.1 Å². The van der Waals surface area contributed by atoms with Crippen molar-refractivity contribution < 1.29 is 33.7 Å². The normalized spacial score (nSPS) is 45.1. The van der Waals surface area contributed by atoms with E-state index in [0.717, 1.165) is 44.9 Å². The molecule has 186 valence electrons. The summed E-state index contributed by atoms with van der Waals surface area (Å²) in [5.41, 5.74) is -0.261. The first-order valence-corrected chi connectivity index (χ1v) is 12.6. The second-order valence-electron chi connectivity index (χ2n) is 11.6. The summed E-state index contributed by atoms with van der Waals surface area (Å²) in [6.45, 7) is 7.32. The van der Waals surface area contributed by atoms with Gasteiger partial charge in [-0.1, -0.05) is 13.8 Å². The molecule has 10 atom stereocenters. The van der Waals surface area contributed by atoms with Crippen LogP contribution in [0.2, 0.25) is 0 Å².